The number of nitrogens with zero attached hydrogens (tertiary/aromatic N) is 3. The monoisotopic (exact) mass is 392 g/mol. The molecule has 2 aliphatic rings. The SMILES string of the molecule is COC1=Nc2c3c(nc(=S)cc(C)c3cn2C2O[C@H](CO)[C@@H](O)[C@]2(C)O)N1. The smallest absolute Gasteiger partial charge is 0.296 e. The maximum Gasteiger partial charge on any atom is 0.296 e. The molecule has 144 valence electrons. The molecule has 0 spiro atoms. The van der Waals surface area contributed by atoms with Crippen LogP contribution >= 0.6 is 12.2 Å². The fourth-order valence-electron chi connectivity index (χ4n) is 3.60. The summed E-state index contributed by atoms with van der Waals surface area (Å²) >= 11 is 5.27. The summed E-state index contributed by atoms with van der Waals surface area (Å²) in [5.41, 5.74) is -0.761. The average molecular weight is 392 g/mol. The van der Waals surface area contributed by atoms with Crippen molar-refractivity contribution in [2.75, 3.05) is 19.0 Å². The number of anilines is 1. The lowest BCUT2D eigenvalue weighted by molar-refractivity contribution is -0.0955. The van der Waals surface area contributed by atoms with E-state index in [4.69, 9.17) is 21.7 Å². The number of ether oxygens (including phenoxy) is 2. The molecule has 0 bridgehead atoms. The van der Waals surface area contributed by atoms with Crippen LogP contribution in [0.5, 0.6) is 0 Å². The number of hydrogen-bond donors (Lipinski definition) is 4. The average Bonchev–Trinajstić information content (AvgIpc) is 3.06. The van der Waals surface area contributed by atoms with Crippen LogP contribution in [0.3, 0.4) is 0 Å². The van der Waals surface area contributed by atoms with E-state index < -0.39 is 30.6 Å². The summed E-state index contributed by atoms with van der Waals surface area (Å²) in [7, 11) is 1.47. The zero-order chi connectivity index (χ0) is 19.5. The van der Waals surface area contributed by atoms with Gasteiger partial charge in [0.1, 0.15) is 28.3 Å². The molecular weight excluding hydrogens is 372 g/mol. The molecule has 0 amide bonds. The molecule has 4 N–H and O–H groups in total. The van der Waals surface area contributed by atoms with E-state index in [0.717, 1.165) is 10.9 Å². The van der Waals surface area contributed by atoms with Crippen molar-refractivity contribution in [3.63, 3.8) is 0 Å². The van der Waals surface area contributed by atoms with Gasteiger partial charge in [0.05, 0.1) is 19.1 Å². The van der Waals surface area contributed by atoms with E-state index in [1.807, 2.05) is 6.92 Å². The highest BCUT2D eigenvalue weighted by atomic mass is 32.1. The lowest BCUT2D eigenvalue weighted by Crippen LogP contribution is -2.44. The molecule has 1 unspecified atom stereocenters. The summed E-state index contributed by atoms with van der Waals surface area (Å²) in [6.45, 7) is 2.95. The summed E-state index contributed by atoms with van der Waals surface area (Å²) in [5, 5.41) is 35.2. The van der Waals surface area contributed by atoms with E-state index >= 15 is 0 Å². The van der Waals surface area contributed by atoms with Gasteiger partial charge in [-0.3, -0.25) is 5.32 Å². The fourth-order valence-corrected chi connectivity index (χ4v) is 3.87. The Labute approximate surface area is 159 Å². The minimum atomic E-state index is -1.64. The van der Waals surface area contributed by atoms with Crippen LogP contribution in [0.15, 0.2) is 17.3 Å². The molecule has 27 heavy (non-hydrogen) atoms. The Balaban J connectivity index is 2.01. The second-order valence-electron chi connectivity index (χ2n) is 6.90. The first-order valence-corrected chi connectivity index (χ1v) is 8.81. The minimum absolute atomic E-state index is 0.214. The molecule has 1 saturated heterocycles. The third-order valence-corrected chi connectivity index (χ3v) is 5.25. The molecule has 0 saturated carbocycles. The van der Waals surface area contributed by atoms with Crippen LogP contribution in [0.2, 0.25) is 0 Å². The number of hydrogen-bond acceptors (Lipinski definition) is 9. The third-order valence-electron chi connectivity index (χ3n) is 5.04. The predicted octanol–water partition coefficient (Wildman–Crippen LogP) is 1.14. The second kappa shape index (κ2) is 6.21. The van der Waals surface area contributed by atoms with E-state index in [2.05, 4.69) is 15.3 Å². The van der Waals surface area contributed by atoms with Crippen LogP contribution in [0.25, 0.3) is 10.8 Å². The van der Waals surface area contributed by atoms with Gasteiger partial charge >= 0.3 is 0 Å². The minimum Gasteiger partial charge on any atom is -0.468 e. The molecule has 0 aromatic carbocycles. The van der Waals surface area contributed by atoms with Gasteiger partial charge in [-0.05, 0) is 25.5 Å². The standard InChI is InChI=1S/C17H20N4O5S/c1-7-4-10(27)18-13-11-8(7)5-21(14(11)20-16(19-13)25-3)15-17(2,24)12(23)9(6-22)26-15/h4-5,9,12,15,22-24H,6H2,1-3H3,(H,18,19,20,27)/t9-,12-,15?,17+/m1/s1. The van der Waals surface area contributed by atoms with Crippen molar-refractivity contribution in [1.29, 1.82) is 0 Å². The highest BCUT2D eigenvalue weighted by Crippen LogP contribution is 2.45. The molecule has 2 aromatic heterocycles. The molecule has 2 aliphatic heterocycles. The number of aliphatic hydroxyl groups is 3. The molecule has 0 aliphatic carbocycles. The van der Waals surface area contributed by atoms with E-state index in [0.29, 0.717) is 21.7 Å². The van der Waals surface area contributed by atoms with Gasteiger partial charge in [0.25, 0.3) is 6.02 Å². The van der Waals surface area contributed by atoms with Crippen LogP contribution < -0.4 is 5.32 Å². The summed E-state index contributed by atoms with van der Waals surface area (Å²) < 4.78 is 13.0. The van der Waals surface area contributed by atoms with E-state index in [1.165, 1.54) is 14.0 Å². The first-order valence-electron chi connectivity index (χ1n) is 8.41. The number of amidine groups is 1. The van der Waals surface area contributed by atoms with Gasteiger partial charge in [0.2, 0.25) is 0 Å². The van der Waals surface area contributed by atoms with Gasteiger partial charge in [-0.25, -0.2) is 4.98 Å². The topological polar surface area (TPSA) is 121 Å². The number of aliphatic imine (C=N–C) groups is 1. The van der Waals surface area contributed by atoms with Crippen molar-refractivity contribution in [3.8, 4) is 0 Å². The normalized spacial score (nSPS) is 29.6. The maximum atomic E-state index is 10.9. The van der Waals surface area contributed by atoms with Crippen LogP contribution in [0, 0.1) is 11.6 Å². The zero-order valence-corrected chi connectivity index (χ0v) is 15.8. The van der Waals surface area contributed by atoms with Crippen LogP contribution in [-0.4, -0.2) is 62.4 Å². The van der Waals surface area contributed by atoms with Crippen molar-refractivity contribution in [2.45, 2.75) is 37.9 Å². The Hall–Kier alpha value is -2.11. The molecule has 9 nitrogen and oxygen atoms in total. The number of methoxy groups -OCH3 is 1. The Morgan fingerprint density at radius 1 is 1.48 bits per heavy atom. The summed E-state index contributed by atoms with van der Waals surface area (Å²) in [6, 6.07) is 1.99. The molecule has 4 heterocycles. The van der Waals surface area contributed by atoms with Gasteiger partial charge in [-0.2, -0.15) is 4.99 Å². The predicted molar refractivity (Wildman–Crippen MR) is 101 cm³/mol. The highest BCUT2D eigenvalue weighted by Gasteiger charge is 2.53. The Kier molecular flexibility index (Phi) is 4.20. The quantitative estimate of drug-likeness (QED) is 0.562. The summed E-state index contributed by atoms with van der Waals surface area (Å²) in [5.74, 6) is 0.938. The molecule has 10 heteroatoms. The van der Waals surface area contributed by atoms with E-state index in [9.17, 15) is 15.3 Å². The third kappa shape index (κ3) is 2.64. The molecular formula is C17H20N4O5S. The van der Waals surface area contributed by atoms with E-state index in [-0.39, 0.29) is 6.02 Å². The first-order chi connectivity index (χ1) is 12.8. The largest absolute Gasteiger partial charge is 0.468 e. The summed E-state index contributed by atoms with van der Waals surface area (Å²) in [6.07, 6.45) is -1.36. The van der Waals surface area contributed by atoms with Gasteiger partial charge in [-0.1, -0.05) is 12.2 Å². The van der Waals surface area contributed by atoms with Crippen LogP contribution in [-0.2, 0) is 9.47 Å². The van der Waals surface area contributed by atoms with E-state index in [1.54, 1.807) is 16.8 Å². The van der Waals surface area contributed by atoms with Crippen molar-refractivity contribution >= 4 is 40.6 Å². The fraction of sp³-hybridized carbons (Fsp3) is 0.471. The Morgan fingerprint density at radius 3 is 2.85 bits per heavy atom. The lowest BCUT2D eigenvalue weighted by atomic mass is 9.96. The lowest BCUT2D eigenvalue weighted by Gasteiger charge is -2.28. The molecule has 4 rings (SSSR count). The number of nitrogens with one attached hydrogen (secondary N) is 1. The van der Waals surface area contributed by atoms with Crippen molar-refractivity contribution in [3.05, 3.63) is 22.5 Å². The van der Waals surface area contributed by atoms with Crippen molar-refractivity contribution in [2.24, 2.45) is 4.99 Å². The van der Waals surface area contributed by atoms with Crippen molar-refractivity contribution in [1.82, 2.24) is 9.55 Å². The second-order valence-corrected chi connectivity index (χ2v) is 7.32. The molecule has 4 atom stereocenters. The number of aromatic nitrogens is 2. The zero-order valence-electron chi connectivity index (χ0n) is 15.0. The summed E-state index contributed by atoms with van der Waals surface area (Å²) in [4.78, 5) is 8.88. The van der Waals surface area contributed by atoms with Gasteiger partial charge in [0, 0.05) is 11.6 Å². The molecule has 0 radical (unpaired) electrons. The first kappa shape index (κ1) is 18.3. The van der Waals surface area contributed by atoms with Crippen molar-refractivity contribution < 1.29 is 24.8 Å². The number of aliphatic hydroxyl groups excluding tert-OH is 2. The molecule has 2 aromatic rings. The number of aryl methyl sites for hydroxylation is 1. The van der Waals surface area contributed by atoms with Crippen LogP contribution in [0.4, 0.5) is 11.6 Å². The maximum absolute atomic E-state index is 10.9. The number of rotatable bonds is 2. The Bertz CT molecular complexity index is 1020. The van der Waals surface area contributed by atoms with Crippen LogP contribution in [0.1, 0.15) is 18.7 Å². The van der Waals surface area contributed by atoms with Gasteiger partial charge in [-0.15, -0.1) is 0 Å². The highest BCUT2D eigenvalue weighted by molar-refractivity contribution is 7.71. The van der Waals surface area contributed by atoms with Gasteiger partial charge < -0.3 is 29.4 Å². The Morgan fingerprint density at radius 2 is 2.22 bits per heavy atom. The molecule has 1 fully saturated rings. The van der Waals surface area contributed by atoms with Gasteiger partial charge in [0.15, 0.2) is 12.0 Å².